The van der Waals surface area contributed by atoms with Gasteiger partial charge in [0, 0.05) is 41.7 Å². The first-order chi connectivity index (χ1) is 14.8. The third-order valence-corrected chi connectivity index (χ3v) is 7.38. The van der Waals surface area contributed by atoms with E-state index in [0.717, 1.165) is 5.56 Å². The summed E-state index contributed by atoms with van der Waals surface area (Å²) in [4.78, 5) is 31.9. The Morgan fingerprint density at radius 2 is 1.84 bits per heavy atom. The van der Waals surface area contributed by atoms with Gasteiger partial charge in [0.05, 0.1) is 11.7 Å². The van der Waals surface area contributed by atoms with Crippen LogP contribution in [0.2, 0.25) is 0 Å². The molecule has 3 atom stereocenters. The fourth-order valence-corrected chi connectivity index (χ4v) is 5.46. The molecule has 2 aliphatic heterocycles. The number of benzene rings is 1. The van der Waals surface area contributed by atoms with Gasteiger partial charge in [0.1, 0.15) is 10.7 Å². The number of pyridine rings is 1. The second-order valence-electron chi connectivity index (χ2n) is 7.31. The number of likely N-dealkylation sites (tertiary alicyclic amines) is 1. The molecule has 1 aromatic carbocycles. The molecule has 1 amide bonds. The maximum atomic E-state index is 13.3. The first-order valence-electron chi connectivity index (χ1n) is 9.52. The Morgan fingerprint density at radius 3 is 2.55 bits per heavy atom. The van der Waals surface area contributed by atoms with E-state index in [2.05, 4.69) is 14.7 Å². The Labute approximate surface area is 182 Å². The molecule has 1 fully saturated rings. The maximum Gasteiger partial charge on any atom is 0.286 e. The first-order valence-corrected chi connectivity index (χ1v) is 12.7. The highest BCUT2D eigenvalue weighted by molar-refractivity contribution is 7.90. The molecule has 0 saturated carbocycles. The summed E-state index contributed by atoms with van der Waals surface area (Å²) in [5.41, 5.74) is 1.04. The molecule has 2 aliphatic rings. The van der Waals surface area contributed by atoms with Crippen LogP contribution in [0.1, 0.15) is 12.0 Å². The SMILES string of the molecule is CS(=O)CC[C@H]1C(=O)C(C2=NS(=O)(=O)c3ccccc3N2)C(=O)N1Cc1ccncc1. The van der Waals surface area contributed by atoms with E-state index in [9.17, 15) is 22.2 Å². The van der Waals surface area contributed by atoms with Crippen LogP contribution >= 0.6 is 0 Å². The monoisotopic (exact) mass is 460 g/mol. The molecule has 9 nitrogen and oxygen atoms in total. The number of hydrogen-bond donors (Lipinski definition) is 1. The molecule has 0 bridgehead atoms. The summed E-state index contributed by atoms with van der Waals surface area (Å²) in [5.74, 6) is -2.31. The molecular weight excluding hydrogens is 440 g/mol. The van der Waals surface area contributed by atoms with Crippen molar-refractivity contribution in [2.75, 3.05) is 17.3 Å². The standard InChI is InChI=1S/C20H20N4O5S2/c1-30(27)11-8-15-18(25)17(20(26)24(15)12-13-6-9-21-10-7-13)19-22-14-4-2-3-5-16(14)31(28,29)23-19/h2-7,9-10,15,17H,8,11-12H2,1H3,(H,22,23)/t15-,17?,30?/m0/s1. The summed E-state index contributed by atoms with van der Waals surface area (Å²) in [6, 6.07) is 8.83. The predicted octanol–water partition coefficient (Wildman–Crippen LogP) is 0.959. The molecular formula is C20H20N4O5S2. The molecule has 162 valence electrons. The number of anilines is 1. The first kappa shape index (κ1) is 21.3. The van der Waals surface area contributed by atoms with Gasteiger partial charge in [0.15, 0.2) is 11.7 Å². The van der Waals surface area contributed by atoms with E-state index in [1.807, 2.05) is 0 Å². The maximum absolute atomic E-state index is 13.3. The quantitative estimate of drug-likeness (QED) is 0.636. The molecule has 0 aliphatic carbocycles. The summed E-state index contributed by atoms with van der Waals surface area (Å²) in [6.07, 6.45) is 4.91. The van der Waals surface area contributed by atoms with Gasteiger partial charge in [-0.3, -0.25) is 18.8 Å². The third-order valence-electron chi connectivity index (χ3n) is 5.22. The van der Waals surface area contributed by atoms with Crippen LogP contribution in [0, 0.1) is 5.92 Å². The zero-order valence-corrected chi connectivity index (χ0v) is 18.2. The van der Waals surface area contributed by atoms with Crippen LogP contribution in [0.25, 0.3) is 0 Å². The molecule has 1 aromatic heterocycles. The van der Waals surface area contributed by atoms with Gasteiger partial charge in [0.25, 0.3) is 10.0 Å². The number of sulfonamides is 1. The largest absolute Gasteiger partial charge is 0.341 e. The minimum absolute atomic E-state index is 0.0109. The molecule has 2 aromatic rings. The zero-order chi connectivity index (χ0) is 22.2. The van der Waals surface area contributed by atoms with Gasteiger partial charge in [-0.05, 0) is 36.2 Å². The topological polar surface area (TPSA) is 126 Å². The van der Waals surface area contributed by atoms with Crippen LogP contribution in [-0.2, 0) is 37.0 Å². The number of carbonyl (C=O) groups is 2. The number of nitrogens with one attached hydrogen (secondary N) is 1. The number of carbonyl (C=O) groups excluding carboxylic acids is 2. The van der Waals surface area contributed by atoms with Gasteiger partial charge >= 0.3 is 0 Å². The lowest BCUT2D eigenvalue weighted by molar-refractivity contribution is -0.131. The number of ketones is 1. The molecule has 2 unspecified atom stereocenters. The normalized spacial score (nSPS) is 23.1. The van der Waals surface area contributed by atoms with Crippen molar-refractivity contribution in [1.82, 2.24) is 9.88 Å². The number of para-hydroxylation sites is 1. The van der Waals surface area contributed by atoms with Crippen molar-refractivity contribution < 1.29 is 22.2 Å². The number of Topliss-reactive ketones (excluding diaryl/α,β-unsaturated/α-hetero) is 1. The van der Waals surface area contributed by atoms with Crippen molar-refractivity contribution in [3.8, 4) is 0 Å². The lowest BCUT2D eigenvalue weighted by atomic mass is 10.0. The van der Waals surface area contributed by atoms with Crippen molar-refractivity contribution >= 4 is 44.0 Å². The molecule has 0 radical (unpaired) electrons. The predicted molar refractivity (Wildman–Crippen MR) is 115 cm³/mol. The van der Waals surface area contributed by atoms with Crippen LogP contribution in [0.4, 0.5) is 5.69 Å². The highest BCUT2D eigenvalue weighted by atomic mass is 32.2. The Kier molecular flexibility index (Phi) is 5.71. The smallest absolute Gasteiger partial charge is 0.286 e. The van der Waals surface area contributed by atoms with Gasteiger partial charge < -0.3 is 10.2 Å². The van der Waals surface area contributed by atoms with Crippen molar-refractivity contribution in [3.05, 3.63) is 54.4 Å². The number of rotatable bonds is 6. The third kappa shape index (κ3) is 4.15. The lowest BCUT2D eigenvalue weighted by Gasteiger charge is -2.23. The van der Waals surface area contributed by atoms with Gasteiger partial charge in [-0.25, -0.2) is 0 Å². The minimum Gasteiger partial charge on any atom is -0.341 e. The summed E-state index contributed by atoms with van der Waals surface area (Å²) >= 11 is 0. The van der Waals surface area contributed by atoms with E-state index < -0.39 is 44.5 Å². The van der Waals surface area contributed by atoms with E-state index in [1.165, 1.54) is 17.2 Å². The van der Waals surface area contributed by atoms with Crippen molar-refractivity contribution in [2.45, 2.75) is 23.9 Å². The summed E-state index contributed by atoms with van der Waals surface area (Å²) in [7, 11) is -5.20. The number of amidine groups is 1. The second-order valence-corrected chi connectivity index (χ2v) is 10.4. The fourth-order valence-electron chi connectivity index (χ4n) is 3.75. The fraction of sp³-hybridized carbons (Fsp3) is 0.300. The second kappa shape index (κ2) is 8.31. The van der Waals surface area contributed by atoms with Crippen LogP contribution in [0.15, 0.2) is 58.1 Å². The van der Waals surface area contributed by atoms with Crippen LogP contribution in [-0.4, -0.2) is 58.1 Å². The average Bonchev–Trinajstić information content (AvgIpc) is 2.96. The molecule has 0 spiro atoms. The van der Waals surface area contributed by atoms with E-state index in [1.54, 1.807) is 42.7 Å². The van der Waals surface area contributed by atoms with Gasteiger partial charge in [-0.2, -0.15) is 8.42 Å². The number of amides is 1. The van der Waals surface area contributed by atoms with Crippen molar-refractivity contribution in [1.29, 1.82) is 0 Å². The summed E-state index contributed by atoms with van der Waals surface area (Å²) in [6.45, 7) is 0.154. The van der Waals surface area contributed by atoms with Crippen molar-refractivity contribution in [3.63, 3.8) is 0 Å². The Morgan fingerprint density at radius 1 is 1.13 bits per heavy atom. The van der Waals surface area contributed by atoms with Gasteiger partial charge in [-0.1, -0.05) is 12.1 Å². The number of fused-ring (bicyclic) bond motifs is 1. The van der Waals surface area contributed by atoms with E-state index in [-0.39, 0.29) is 35.1 Å². The molecule has 11 heteroatoms. The molecule has 1 saturated heterocycles. The van der Waals surface area contributed by atoms with Crippen LogP contribution in [0.3, 0.4) is 0 Å². The Hall–Kier alpha value is -2.92. The van der Waals surface area contributed by atoms with E-state index in [0.29, 0.717) is 0 Å². The van der Waals surface area contributed by atoms with E-state index >= 15 is 0 Å². The molecule has 3 heterocycles. The Bertz CT molecular complexity index is 1200. The van der Waals surface area contributed by atoms with Gasteiger partial charge in [0.2, 0.25) is 5.91 Å². The van der Waals surface area contributed by atoms with Crippen LogP contribution < -0.4 is 5.32 Å². The minimum atomic E-state index is -4.05. The highest BCUT2D eigenvalue weighted by Gasteiger charge is 2.50. The highest BCUT2D eigenvalue weighted by Crippen LogP contribution is 2.33. The zero-order valence-electron chi connectivity index (χ0n) is 16.6. The molecule has 1 N–H and O–H groups in total. The Balaban J connectivity index is 1.70. The van der Waals surface area contributed by atoms with Gasteiger partial charge in [-0.15, -0.1) is 4.40 Å². The summed E-state index contributed by atoms with van der Waals surface area (Å²) in [5, 5.41) is 2.86. The number of hydrogen-bond acceptors (Lipinski definition) is 7. The van der Waals surface area contributed by atoms with Crippen molar-refractivity contribution in [2.24, 2.45) is 10.3 Å². The number of aromatic nitrogens is 1. The number of nitrogens with zero attached hydrogens (tertiary/aromatic N) is 3. The molecule has 31 heavy (non-hydrogen) atoms. The average molecular weight is 461 g/mol. The van der Waals surface area contributed by atoms with E-state index in [4.69, 9.17) is 0 Å². The summed E-state index contributed by atoms with van der Waals surface area (Å²) < 4.78 is 40.6. The molecule has 4 rings (SSSR count). The van der Waals surface area contributed by atoms with Crippen LogP contribution in [0.5, 0.6) is 0 Å². The lowest BCUT2D eigenvalue weighted by Crippen LogP contribution is -2.37.